The summed E-state index contributed by atoms with van der Waals surface area (Å²) in [6, 6.07) is 17.6. The molecule has 5 nitrogen and oxygen atoms in total. The Morgan fingerprint density at radius 1 is 0.800 bits per heavy atom. The van der Waals surface area contributed by atoms with E-state index in [1.807, 2.05) is 68.4 Å². The first kappa shape index (κ1) is 31.4. The zero-order valence-corrected chi connectivity index (χ0v) is 23.8. The molecule has 1 N–H and O–H groups in total. The lowest BCUT2D eigenvalue weighted by atomic mass is 10.00. The van der Waals surface area contributed by atoms with E-state index in [1.165, 1.54) is 12.8 Å². The maximum absolute atomic E-state index is 10.8. The highest BCUT2D eigenvalue weighted by atomic mass is 33.1. The van der Waals surface area contributed by atoms with E-state index < -0.39 is 5.97 Å². The Hall–Kier alpha value is -1.68. The van der Waals surface area contributed by atoms with Gasteiger partial charge in [0.1, 0.15) is 15.1 Å². The van der Waals surface area contributed by atoms with Crippen molar-refractivity contribution in [1.82, 2.24) is 15.0 Å². The topological polar surface area (TPSA) is 76.0 Å². The van der Waals surface area contributed by atoms with Gasteiger partial charge in [0.15, 0.2) is 0 Å². The molecule has 0 aliphatic carbocycles. The molecule has 0 saturated heterocycles. The first-order valence-electron chi connectivity index (χ1n) is 11.8. The molecule has 3 aromatic rings. The smallest absolute Gasteiger partial charge is 0.303 e. The Labute approximate surface area is 225 Å². The molecule has 0 aliphatic heterocycles. The van der Waals surface area contributed by atoms with Gasteiger partial charge in [0.2, 0.25) is 0 Å². The molecule has 0 saturated carbocycles. The predicted octanol–water partition coefficient (Wildman–Crippen LogP) is 8.80. The second-order valence-electron chi connectivity index (χ2n) is 7.00. The van der Waals surface area contributed by atoms with Crippen molar-refractivity contribution in [3.05, 3.63) is 73.2 Å². The fraction of sp³-hybridized carbons (Fsp3) is 0.385. The van der Waals surface area contributed by atoms with E-state index >= 15 is 0 Å². The quantitative estimate of drug-likeness (QED) is 0.166. The fourth-order valence-electron chi connectivity index (χ4n) is 2.64. The third-order valence-corrected chi connectivity index (χ3v) is 8.85. The Morgan fingerprint density at radius 3 is 1.69 bits per heavy atom. The van der Waals surface area contributed by atoms with Crippen molar-refractivity contribution >= 4 is 49.1 Å². The summed E-state index contributed by atoms with van der Waals surface area (Å²) in [5.74, 6) is 0.451. The van der Waals surface area contributed by atoms with Crippen molar-refractivity contribution in [2.75, 3.05) is 5.75 Å². The lowest BCUT2D eigenvalue weighted by Gasteiger charge is -2.13. The minimum atomic E-state index is -0.690. The number of carboxylic acid groups (broad SMARTS) is 1. The molecule has 0 bridgehead atoms. The summed E-state index contributed by atoms with van der Waals surface area (Å²) in [6.07, 6.45) is 10.1. The molecule has 1 unspecified atom stereocenters. The van der Waals surface area contributed by atoms with Crippen LogP contribution in [0.2, 0.25) is 0 Å². The molecule has 9 heteroatoms. The standard InChI is InChI=1S/C14H21NO2S2.C10H8N2S2.C2H6/c1-2-3-4-7-12(10-14(16)17)11-18-19-13-8-5-6-9-15-13;1-3-7-11-9(5-1)13-14-10-6-2-4-8-12-10;1-2/h5-6,8-9,12H,2-4,7,10-11H2,1H3,(H,16,17);1-8H;1-2H3. The highest BCUT2D eigenvalue weighted by Gasteiger charge is 2.13. The highest BCUT2D eigenvalue weighted by molar-refractivity contribution is 8.77. The molecule has 0 fully saturated rings. The number of carboxylic acids is 1. The maximum atomic E-state index is 10.8. The average Bonchev–Trinajstić information content (AvgIpc) is 2.90. The van der Waals surface area contributed by atoms with Crippen molar-refractivity contribution in [3.8, 4) is 0 Å². The largest absolute Gasteiger partial charge is 0.481 e. The van der Waals surface area contributed by atoms with Gasteiger partial charge in [-0.1, -0.05) is 69.0 Å². The number of aromatic nitrogens is 3. The van der Waals surface area contributed by atoms with E-state index in [9.17, 15) is 4.79 Å². The molecular formula is C26H35N3O2S4. The van der Waals surface area contributed by atoms with E-state index in [0.717, 1.165) is 33.7 Å². The van der Waals surface area contributed by atoms with Gasteiger partial charge in [-0.15, -0.1) is 0 Å². The number of nitrogens with zero attached hydrogens (tertiary/aromatic N) is 3. The molecule has 3 aromatic heterocycles. The lowest BCUT2D eigenvalue weighted by Crippen LogP contribution is -2.10. The molecule has 0 spiro atoms. The van der Waals surface area contributed by atoms with Gasteiger partial charge in [0.05, 0.1) is 0 Å². The van der Waals surface area contributed by atoms with Crippen molar-refractivity contribution in [2.24, 2.45) is 5.92 Å². The first-order valence-corrected chi connectivity index (χ1v) is 16.2. The van der Waals surface area contributed by atoms with Gasteiger partial charge in [-0.25, -0.2) is 15.0 Å². The Kier molecular flexibility index (Phi) is 19.3. The fourth-order valence-corrected chi connectivity index (χ4v) is 6.73. The van der Waals surface area contributed by atoms with E-state index in [-0.39, 0.29) is 12.3 Å². The number of aliphatic carboxylic acids is 1. The molecule has 3 heterocycles. The van der Waals surface area contributed by atoms with Crippen molar-refractivity contribution in [1.29, 1.82) is 0 Å². The van der Waals surface area contributed by atoms with E-state index in [4.69, 9.17) is 5.11 Å². The Balaban J connectivity index is 0.000000338. The van der Waals surface area contributed by atoms with Crippen LogP contribution in [-0.2, 0) is 4.79 Å². The summed E-state index contributed by atoms with van der Waals surface area (Å²) in [6.45, 7) is 6.16. The molecule has 190 valence electrons. The first-order chi connectivity index (χ1) is 17.2. The maximum Gasteiger partial charge on any atom is 0.303 e. The van der Waals surface area contributed by atoms with Crippen LogP contribution in [0.15, 0.2) is 88.3 Å². The van der Waals surface area contributed by atoms with Crippen LogP contribution >= 0.6 is 43.2 Å². The van der Waals surface area contributed by atoms with E-state index in [0.29, 0.717) is 0 Å². The van der Waals surface area contributed by atoms with Gasteiger partial charge in [-0.3, -0.25) is 4.79 Å². The van der Waals surface area contributed by atoms with Gasteiger partial charge in [-0.2, -0.15) is 0 Å². The van der Waals surface area contributed by atoms with Gasteiger partial charge in [-0.05, 0) is 81.1 Å². The number of rotatable bonds is 13. The van der Waals surface area contributed by atoms with Gasteiger partial charge in [0, 0.05) is 30.8 Å². The summed E-state index contributed by atoms with van der Waals surface area (Å²) >= 11 is 0. The van der Waals surface area contributed by atoms with Crippen molar-refractivity contribution in [2.45, 2.75) is 68.0 Å². The van der Waals surface area contributed by atoms with E-state index in [2.05, 4.69) is 21.9 Å². The SMILES string of the molecule is CC.CCCCCC(CSSc1ccccn1)CC(=O)O.c1ccc(SSc2ccccn2)nc1. The third kappa shape index (κ3) is 16.6. The predicted molar refractivity (Wildman–Crippen MR) is 154 cm³/mol. The van der Waals surface area contributed by atoms with Crippen LogP contribution < -0.4 is 0 Å². The van der Waals surface area contributed by atoms with Crippen LogP contribution in [0.25, 0.3) is 0 Å². The van der Waals surface area contributed by atoms with Crippen LogP contribution in [0.1, 0.15) is 52.9 Å². The second kappa shape index (κ2) is 21.6. The minimum Gasteiger partial charge on any atom is -0.481 e. The second-order valence-corrected chi connectivity index (χ2v) is 11.5. The van der Waals surface area contributed by atoms with Gasteiger partial charge < -0.3 is 5.11 Å². The molecule has 0 amide bonds. The van der Waals surface area contributed by atoms with E-state index in [1.54, 1.807) is 61.8 Å². The zero-order valence-electron chi connectivity index (χ0n) is 20.6. The van der Waals surface area contributed by atoms with Crippen LogP contribution in [0.4, 0.5) is 0 Å². The summed E-state index contributed by atoms with van der Waals surface area (Å²) in [7, 11) is 6.57. The number of hydrogen-bond donors (Lipinski definition) is 1. The van der Waals surface area contributed by atoms with Crippen molar-refractivity contribution in [3.63, 3.8) is 0 Å². The summed E-state index contributed by atoms with van der Waals surface area (Å²) in [5.41, 5.74) is 0. The lowest BCUT2D eigenvalue weighted by molar-refractivity contribution is -0.137. The molecule has 0 aromatic carbocycles. The van der Waals surface area contributed by atoms with Crippen LogP contribution in [0.5, 0.6) is 0 Å². The number of hydrogen-bond acceptors (Lipinski definition) is 8. The molecule has 0 radical (unpaired) electrons. The van der Waals surface area contributed by atoms with Gasteiger partial charge >= 0.3 is 5.97 Å². The number of pyridine rings is 3. The van der Waals surface area contributed by atoms with Crippen LogP contribution in [-0.4, -0.2) is 31.8 Å². The molecule has 1 atom stereocenters. The molecule has 3 rings (SSSR count). The van der Waals surface area contributed by atoms with Gasteiger partial charge in [0.25, 0.3) is 0 Å². The highest BCUT2D eigenvalue weighted by Crippen LogP contribution is 2.34. The molecule has 0 aliphatic rings. The minimum absolute atomic E-state index is 0.269. The van der Waals surface area contributed by atoms with Crippen molar-refractivity contribution < 1.29 is 9.90 Å². The zero-order chi connectivity index (χ0) is 25.6. The number of carbonyl (C=O) groups is 1. The Bertz CT molecular complexity index is 851. The molecular weight excluding hydrogens is 515 g/mol. The number of unbranched alkanes of at least 4 members (excludes halogenated alkanes) is 2. The normalized spacial score (nSPS) is 10.8. The third-order valence-electron chi connectivity index (χ3n) is 4.25. The summed E-state index contributed by atoms with van der Waals surface area (Å²) in [4.78, 5) is 23.5. The summed E-state index contributed by atoms with van der Waals surface area (Å²) < 4.78 is 0. The van der Waals surface area contributed by atoms with Crippen LogP contribution in [0, 0.1) is 5.92 Å². The monoisotopic (exact) mass is 549 g/mol. The Morgan fingerprint density at radius 2 is 1.29 bits per heavy atom. The average molecular weight is 550 g/mol. The molecule has 35 heavy (non-hydrogen) atoms. The summed E-state index contributed by atoms with van der Waals surface area (Å²) in [5, 5.41) is 11.9. The van der Waals surface area contributed by atoms with Crippen LogP contribution in [0.3, 0.4) is 0 Å².